The zero-order chi connectivity index (χ0) is 25.7. The minimum atomic E-state index is -4.54. The van der Waals surface area contributed by atoms with Crippen LogP contribution in [0.4, 0.5) is 23.2 Å². The van der Waals surface area contributed by atoms with Crippen LogP contribution >= 0.6 is 0 Å². The van der Waals surface area contributed by atoms with Gasteiger partial charge in [0.1, 0.15) is 19.0 Å². The van der Waals surface area contributed by atoms with Crippen molar-refractivity contribution < 1.29 is 31.8 Å². The summed E-state index contributed by atoms with van der Waals surface area (Å²) in [6.45, 7) is -0.0872. The van der Waals surface area contributed by atoms with Gasteiger partial charge in [-0.25, -0.2) is 9.07 Å². The van der Waals surface area contributed by atoms with Crippen molar-refractivity contribution in [1.82, 2.24) is 14.8 Å². The topological polar surface area (TPSA) is 78.3 Å². The van der Waals surface area contributed by atoms with Gasteiger partial charge in [-0.2, -0.15) is 18.2 Å². The maximum Gasteiger partial charge on any atom is 0.416 e. The molecule has 0 saturated heterocycles. The molecule has 0 atom stereocenters. The fourth-order valence-corrected chi connectivity index (χ4v) is 3.30. The van der Waals surface area contributed by atoms with Crippen molar-refractivity contribution in [1.29, 1.82) is 0 Å². The van der Waals surface area contributed by atoms with E-state index in [9.17, 15) is 22.4 Å². The van der Waals surface area contributed by atoms with Gasteiger partial charge in [-0.1, -0.05) is 24.3 Å². The lowest BCUT2D eigenvalue weighted by Gasteiger charge is -2.10. The Labute approximate surface area is 203 Å². The molecule has 4 rings (SSSR count). The van der Waals surface area contributed by atoms with E-state index >= 15 is 0 Å². The first kappa shape index (κ1) is 24.9. The molecule has 4 aromatic rings. The normalized spacial score (nSPS) is 11.4. The second-order valence-corrected chi connectivity index (χ2v) is 7.65. The van der Waals surface area contributed by atoms with Gasteiger partial charge in [0.25, 0.3) is 0 Å². The highest BCUT2D eigenvalue weighted by molar-refractivity contribution is 5.91. The quantitative estimate of drug-likeness (QED) is 0.334. The summed E-state index contributed by atoms with van der Waals surface area (Å²) in [5.74, 6) is -0.617. The Kier molecular flexibility index (Phi) is 7.30. The van der Waals surface area contributed by atoms with E-state index in [-0.39, 0.29) is 36.5 Å². The van der Waals surface area contributed by atoms with Gasteiger partial charge in [0.05, 0.1) is 11.3 Å². The lowest BCUT2D eigenvalue weighted by molar-refractivity contribution is -0.137. The average Bonchev–Trinajstić information content (AvgIpc) is 3.28. The van der Waals surface area contributed by atoms with Crippen LogP contribution in [0.25, 0.3) is 17.1 Å². The molecule has 0 radical (unpaired) electrons. The summed E-state index contributed by atoms with van der Waals surface area (Å²) in [6, 6.07) is 16.7. The average molecular weight is 500 g/mol. The maximum atomic E-state index is 13.3. The van der Waals surface area contributed by atoms with Gasteiger partial charge in [-0.05, 0) is 54.1 Å². The van der Waals surface area contributed by atoms with E-state index in [2.05, 4.69) is 15.4 Å². The van der Waals surface area contributed by atoms with Crippen LogP contribution in [0, 0.1) is 5.82 Å². The Hall–Kier alpha value is -4.25. The number of benzene rings is 3. The van der Waals surface area contributed by atoms with Crippen LogP contribution in [-0.4, -0.2) is 34.4 Å². The second kappa shape index (κ2) is 10.6. The van der Waals surface area contributed by atoms with E-state index in [1.807, 2.05) is 0 Å². The molecule has 1 N–H and O–H groups in total. The van der Waals surface area contributed by atoms with E-state index in [1.54, 1.807) is 24.3 Å². The predicted molar refractivity (Wildman–Crippen MR) is 123 cm³/mol. The van der Waals surface area contributed by atoms with Crippen LogP contribution in [0.5, 0.6) is 6.01 Å². The van der Waals surface area contributed by atoms with Crippen molar-refractivity contribution in [2.75, 3.05) is 19.0 Å². The number of hydrogen-bond acceptors (Lipinski definition) is 5. The molecular formula is C25H20F4N4O3. The molecule has 186 valence electrons. The Bertz CT molecular complexity index is 1340. The minimum absolute atomic E-state index is 0.0246. The van der Waals surface area contributed by atoms with E-state index < -0.39 is 17.6 Å². The Morgan fingerprint density at radius 1 is 1.03 bits per heavy atom. The Balaban J connectivity index is 1.67. The summed E-state index contributed by atoms with van der Waals surface area (Å²) in [5, 5.41) is 6.98. The summed E-state index contributed by atoms with van der Waals surface area (Å²) < 4.78 is 64.9. The van der Waals surface area contributed by atoms with Gasteiger partial charge in [0.15, 0.2) is 5.82 Å². The SMILES string of the molecule is COCC(=O)Nc1ccc(-n2nc(OCc3ccc(F)cc3)nc2-c2cccc(C(F)(F)F)c2)cc1. The second-order valence-electron chi connectivity index (χ2n) is 7.65. The van der Waals surface area contributed by atoms with Crippen molar-refractivity contribution >= 4 is 11.6 Å². The smallest absolute Gasteiger partial charge is 0.416 e. The molecule has 1 amide bonds. The van der Waals surface area contributed by atoms with E-state index in [0.29, 0.717) is 16.9 Å². The molecule has 0 spiro atoms. The molecule has 0 aliphatic heterocycles. The number of aromatic nitrogens is 3. The molecule has 0 aliphatic rings. The zero-order valence-corrected chi connectivity index (χ0v) is 18.9. The zero-order valence-electron chi connectivity index (χ0n) is 18.9. The predicted octanol–water partition coefficient (Wildman–Crippen LogP) is 5.26. The fourth-order valence-electron chi connectivity index (χ4n) is 3.30. The monoisotopic (exact) mass is 500 g/mol. The van der Waals surface area contributed by atoms with Gasteiger partial charge in [0.2, 0.25) is 5.91 Å². The number of amides is 1. The largest absolute Gasteiger partial charge is 0.457 e. The first-order valence-corrected chi connectivity index (χ1v) is 10.6. The highest BCUT2D eigenvalue weighted by Gasteiger charge is 2.31. The van der Waals surface area contributed by atoms with Crippen molar-refractivity contribution in [2.24, 2.45) is 0 Å². The minimum Gasteiger partial charge on any atom is -0.457 e. The van der Waals surface area contributed by atoms with Crippen LogP contribution in [0.3, 0.4) is 0 Å². The summed E-state index contributed by atoms with van der Waals surface area (Å²) in [4.78, 5) is 16.0. The van der Waals surface area contributed by atoms with Gasteiger partial charge >= 0.3 is 12.2 Å². The number of methoxy groups -OCH3 is 1. The van der Waals surface area contributed by atoms with Crippen molar-refractivity contribution in [2.45, 2.75) is 12.8 Å². The fraction of sp³-hybridized carbons (Fsp3) is 0.160. The third-order valence-corrected chi connectivity index (χ3v) is 4.99. The molecule has 0 saturated carbocycles. The van der Waals surface area contributed by atoms with Crippen LogP contribution in [0.15, 0.2) is 72.8 Å². The number of ether oxygens (including phenoxy) is 2. The number of carbonyl (C=O) groups excluding carboxylic acids is 1. The molecule has 0 bridgehead atoms. The number of alkyl halides is 3. The number of rotatable bonds is 8. The van der Waals surface area contributed by atoms with Gasteiger partial charge in [-0.15, -0.1) is 5.10 Å². The van der Waals surface area contributed by atoms with Crippen LogP contribution in [-0.2, 0) is 22.3 Å². The molecule has 1 aromatic heterocycles. The standard InChI is InChI=1S/C25H20F4N4O3/c1-35-15-22(34)30-20-9-11-21(12-10-20)33-23(17-3-2-4-18(13-17)25(27,28)29)31-24(32-33)36-14-16-5-7-19(26)8-6-16/h2-13H,14-15H2,1H3,(H,30,34). The first-order valence-electron chi connectivity index (χ1n) is 10.6. The van der Waals surface area contributed by atoms with Crippen molar-refractivity contribution in [3.05, 3.63) is 89.7 Å². The highest BCUT2D eigenvalue weighted by atomic mass is 19.4. The summed E-state index contributed by atoms with van der Waals surface area (Å²) >= 11 is 0. The number of nitrogens with zero attached hydrogens (tertiary/aromatic N) is 3. The Morgan fingerprint density at radius 2 is 1.75 bits per heavy atom. The van der Waals surface area contributed by atoms with Crippen molar-refractivity contribution in [3.63, 3.8) is 0 Å². The number of carbonyl (C=O) groups is 1. The van der Waals surface area contributed by atoms with E-state index in [4.69, 9.17) is 9.47 Å². The molecule has 3 aromatic carbocycles. The van der Waals surface area contributed by atoms with Gasteiger partial charge in [0, 0.05) is 18.4 Å². The summed E-state index contributed by atoms with van der Waals surface area (Å²) in [7, 11) is 1.40. The number of halogens is 4. The lowest BCUT2D eigenvalue weighted by atomic mass is 10.1. The molecule has 1 heterocycles. The van der Waals surface area contributed by atoms with Crippen LogP contribution in [0.1, 0.15) is 11.1 Å². The lowest BCUT2D eigenvalue weighted by Crippen LogP contribution is -2.17. The third kappa shape index (κ3) is 6.05. The molecular weight excluding hydrogens is 480 g/mol. The number of anilines is 1. The molecule has 11 heteroatoms. The maximum absolute atomic E-state index is 13.3. The first-order chi connectivity index (χ1) is 17.2. The molecule has 36 heavy (non-hydrogen) atoms. The molecule has 0 unspecified atom stereocenters. The van der Waals surface area contributed by atoms with E-state index in [1.165, 1.54) is 48.2 Å². The van der Waals surface area contributed by atoms with Gasteiger partial charge in [-0.3, -0.25) is 4.79 Å². The van der Waals surface area contributed by atoms with Gasteiger partial charge < -0.3 is 14.8 Å². The summed E-state index contributed by atoms with van der Waals surface area (Å²) in [6.07, 6.45) is -4.54. The number of nitrogens with one attached hydrogen (secondary N) is 1. The van der Waals surface area contributed by atoms with Crippen molar-refractivity contribution in [3.8, 4) is 23.1 Å². The van der Waals surface area contributed by atoms with Crippen LogP contribution < -0.4 is 10.1 Å². The number of hydrogen-bond donors (Lipinski definition) is 1. The molecule has 0 fully saturated rings. The van der Waals surface area contributed by atoms with E-state index in [0.717, 1.165) is 12.1 Å². The van der Waals surface area contributed by atoms with Crippen LogP contribution in [0.2, 0.25) is 0 Å². The third-order valence-electron chi connectivity index (χ3n) is 4.99. The summed E-state index contributed by atoms with van der Waals surface area (Å²) in [5.41, 5.74) is 0.959. The molecule has 0 aliphatic carbocycles. The highest BCUT2D eigenvalue weighted by Crippen LogP contribution is 2.33. The Morgan fingerprint density at radius 3 is 2.42 bits per heavy atom. The molecule has 7 nitrogen and oxygen atoms in total.